The van der Waals surface area contributed by atoms with Gasteiger partial charge in [0.2, 0.25) is 5.91 Å². The Kier molecular flexibility index (Phi) is 4.84. The molecule has 4 atom stereocenters. The third kappa shape index (κ3) is 3.96. The van der Waals surface area contributed by atoms with Gasteiger partial charge in [0.05, 0.1) is 19.3 Å². The zero-order valence-electron chi connectivity index (χ0n) is 15.0. The number of amides is 2. The number of hydrogen-bond acceptors (Lipinski definition) is 6. The maximum absolute atomic E-state index is 12.2. The van der Waals surface area contributed by atoms with E-state index < -0.39 is 12.2 Å². The second-order valence-corrected chi connectivity index (χ2v) is 7.19. The van der Waals surface area contributed by atoms with Crippen molar-refractivity contribution in [2.45, 2.75) is 44.1 Å². The van der Waals surface area contributed by atoms with Gasteiger partial charge in [0.15, 0.2) is 11.9 Å². The molecule has 8 heteroatoms. The van der Waals surface area contributed by atoms with E-state index in [1.54, 1.807) is 24.3 Å². The Morgan fingerprint density at radius 1 is 1.04 bits per heavy atom. The molecule has 8 nitrogen and oxygen atoms in total. The summed E-state index contributed by atoms with van der Waals surface area (Å²) in [6, 6.07) is 6.35. The Morgan fingerprint density at radius 2 is 1.74 bits per heavy atom. The van der Waals surface area contributed by atoms with Gasteiger partial charge in [-0.3, -0.25) is 14.9 Å². The molecule has 4 rings (SSSR count). The van der Waals surface area contributed by atoms with Gasteiger partial charge in [0.25, 0.3) is 0 Å². The quantitative estimate of drug-likeness (QED) is 0.757. The topological polar surface area (TPSA) is 103 Å². The van der Waals surface area contributed by atoms with Crippen LogP contribution in [0.25, 0.3) is 0 Å². The largest absolute Gasteiger partial charge is 0.441 e. The lowest BCUT2D eigenvalue weighted by atomic mass is 10.1. The van der Waals surface area contributed by atoms with E-state index in [-0.39, 0.29) is 42.5 Å². The zero-order valence-corrected chi connectivity index (χ0v) is 15.0. The molecule has 1 aliphatic carbocycles. The minimum Gasteiger partial charge on any atom is -0.441 e. The first-order valence-corrected chi connectivity index (χ1v) is 9.13. The number of anilines is 1. The molecule has 1 saturated carbocycles. The Balaban J connectivity index is 1.29. The minimum absolute atomic E-state index is 0.0417. The Bertz CT molecular complexity index is 745. The number of hydrogen-bond donors (Lipinski definition) is 2. The molecule has 0 aromatic heterocycles. The third-order valence-corrected chi connectivity index (χ3v) is 5.08. The van der Waals surface area contributed by atoms with E-state index in [4.69, 9.17) is 14.2 Å². The number of ketones is 1. The predicted molar refractivity (Wildman–Crippen MR) is 94.5 cm³/mol. The number of nitrogens with one attached hydrogen (secondary N) is 2. The van der Waals surface area contributed by atoms with E-state index in [1.807, 2.05) is 0 Å². The van der Waals surface area contributed by atoms with Gasteiger partial charge in [-0.1, -0.05) is 0 Å². The average molecular weight is 374 g/mol. The highest BCUT2D eigenvalue weighted by molar-refractivity contribution is 5.95. The molecule has 0 unspecified atom stereocenters. The summed E-state index contributed by atoms with van der Waals surface area (Å²) in [6.45, 7) is 2.05. The van der Waals surface area contributed by atoms with Gasteiger partial charge in [0, 0.05) is 17.2 Å². The SMILES string of the molecule is CC(=O)c1ccc(NC(=O)O[C@H]2CO[C@@H]3[C@@H]2OC[C@@H]3NC(=O)C2CC2)cc1. The summed E-state index contributed by atoms with van der Waals surface area (Å²) >= 11 is 0. The van der Waals surface area contributed by atoms with Crippen LogP contribution in [0.4, 0.5) is 10.5 Å². The van der Waals surface area contributed by atoms with Crippen LogP contribution in [0.2, 0.25) is 0 Å². The Labute approximate surface area is 156 Å². The van der Waals surface area contributed by atoms with Crippen LogP contribution < -0.4 is 10.6 Å². The normalized spacial score (nSPS) is 29.1. The molecule has 0 bridgehead atoms. The van der Waals surface area contributed by atoms with Crippen molar-refractivity contribution < 1.29 is 28.6 Å². The van der Waals surface area contributed by atoms with E-state index in [0.717, 1.165) is 12.8 Å². The molecule has 3 aliphatic rings. The van der Waals surface area contributed by atoms with E-state index in [0.29, 0.717) is 17.9 Å². The Hall–Kier alpha value is -2.45. The summed E-state index contributed by atoms with van der Waals surface area (Å²) < 4.78 is 16.9. The monoisotopic (exact) mass is 374 g/mol. The first-order chi connectivity index (χ1) is 13.0. The fourth-order valence-electron chi connectivity index (χ4n) is 3.41. The fourth-order valence-corrected chi connectivity index (χ4v) is 3.41. The second kappa shape index (κ2) is 7.28. The standard InChI is InChI=1S/C19H22N2O6/c1-10(22)11-4-6-13(7-5-11)20-19(24)27-15-9-26-16-14(8-25-17(15)16)21-18(23)12-2-3-12/h4-7,12,14-17H,2-3,8-9H2,1H3,(H,20,24)(H,21,23)/t14-,15-,16-,17+/m0/s1. The van der Waals surface area contributed by atoms with Crippen LogP contribution in [0, 0.1) is 5.92 Å². The molecule has 2 N–H and O–H groups in total. The maximum Gasteiger partial charge on any atom is 0.412 e. The van der Waals surface area contributed by atoms with Crippen LogP contribution in [-0.4, -0.2) is 55.4 Å². The summed E-state index contributed by atoms with van der Waals surface area (Å²) in [6.07, 6.45) is 0.0327. The molecule has 0 spiro atoms. The average Bonchev–Trinajstić information content (AvgIpc) is 3.32. The number of rotatable bonds is 5. The van der Waals surface area contributed by atoms with Crippen LogP contribution in [0.3, 0.4) is 0 Å². The van der Waals surface area contributed by atoms with E-state index in [1.165, 1.54) is 6.92 Å². The summed E-state index contributed by atoms with van der Waals surface area (Å²) in [5.74, 6) is 0.127. The molecule has 2 heterocycles. The van der Waals surface area contributed by atoms with Crippen LogP contribution in [0.1, 0.15) is 30.1 Å². The molecule has 27 heavy (non-hydrogen) atoms. The van der Waals surface area contributed by atoms with Crippen molar-refractivity contribution in [1.82, 2.24) is 5.32 Å². The van der Waals surface area contributed by atoms with Crippen molar-refractivity contribution in [3.63, 3.8) is 0 Å². The molecule has 0 radical (unpaired) electrons. The first-order valence-electron chi connectivity index (χ1n) is 9.13. The molecule has 144 valence electrons. The number of ether oxygens (including phenoxy) is 3. The zero-order chi connectivity index (χ0) is 19.0. The van der Waals surface area contributed by atoms with Crippen molar-refractivity contribution in [2.24, 2.45) is 5.92 Å². The van der Waals surface area contributed by atoms with Crippen molar-refractivity contribution in [1.29, 1.82) is 0 Å². The van der Waals surface area contributed by atoms with Gasteiger partial charge >= 0.3 is 6.09 Å². The van der Waals surface area contributed by atoms with Gasteiger partial charge in [-0.05, 0) is 44.0 Å². The predicted octanol–water partition coefficient (Wildman–Crippen LogP) is 1.50. The summed E-state index contributed by atoms with van der Waals surface area (Å²) in [7, 11) is 0. The highest BCUT2D eigenvalue weighted by atomic mass is 16.6. The highest BCUT2D eigenvalue weighted by Crippen LogP contribution is 2.32. The molecule has 2 aliphatic heterocycles. The lowest BCUT2D eigenvalue weighted by molar-refractivity contribution is -0.123. The second-order valence-electron chi connectivity index (χ2n) is 7.19. The molecule has 2 amide bonds. The molecule has 3 fully saturated rings. The third-order valence-electron chi connectivity index (χ3n) is 5.08. The van der Waals surface area contributed by atoms with Gasteiger partial charge in [-0.25, -0.2) is 4.79 Å². The molecular weight excluding hydrogens is 352 g/mol. The lowest BCUT2D eigenvalue weighted by Gasteiger charge is -2.18. The molecule has 1 aromatic rings. The van der Waals surface area contributed by atoms with Gasteiger partial charge in [0.1, 0.15) is 12.2 Å². The number of benzene rings is 1. The fraction of sp³-hybridized carbons (Fsp3) is 0.526. The van der Waals surface area contributed by atoms with Crippen LogP contribution in [0.15, 0.2) is 24.3 Å². The highest BCUT2D eigenvalue weighted by Gasteiger charge is 2.50. The summed E-state index contributed by atoms with van der Waals surface area (Å²) in [5.41, 5.74) is 1.10. The minimum atomic E-state index is -0.617. The van der Waals surface area contributed by atoms with Crippen molar-refractivity contribution >= 4 is 23.5 Å². The number of fused-ring (bicyclic) bond motifs is 1. The number of carbonyl (C=O) groups is 3. The molecule has 2 saturated heterocycles. The number of carbonyl (C=O) groups excluding carboxylic acids is 3. The van der Waals surface area contributed by atoms with Crippen molar-refractivity contribution in [3.05, 3.63) is 29.8 Å². The van der Waals surface area contributed by atoms with Crippen LogP contribution in [0.5, 0.6) is 0 Å². The maximum atomic E-state index is 12.2. The summed E-state index contributed by atoms with van der Waals surface area (Å²) in [5, 5.41) is 5.60. The van der Waals surface area contributed by atoms with Crippen molar-refractivity contribution in [2.75, 3.05) is 18.5 Å². The smallest absolute Gasteiger partial charge is 0.412 e. The van der Waals surface area contributed by atoms with Crippen LogP contribution in [-0.2, 0) is 19.0 Å². The molecule has 1 aromatic carbocycles. The van der Waals surface area contributed by atoms with Crippen molar-refractivity contribution in [3.8, 4) is 0 Å². The van der Waals surface area contributed by atoms with E-state index >= 15 is 0 Å². The lowest BCUT2D eigenvalue weighted by Crippen LogP contribution is -2.45. The van der Waals surface area contributed by atoms with Gasteiger partial charge in [-0.15, -0.1) is 0 Å². The Morgan fingerprint density at radius 3 is 2.41 bits per heavy atom. The van der Waals surface area contributed by atoms with Gasteiger partial charge in [-0.2, -0.15) is 0 Å². The van der Waals surface area contributed by atoms with E-state index in [2.05, 4.69) is 10.6 Å². The first kappa shape index (κ1) is 17.9. The summed E-state index contributed by atoms with van der Waals surface area (Å²) in [4.78, 5) is 35.4. The van der Waals surface area contributed by atoms with Gasteiger partial charge < -0.3 is 19.5 Å². The van der Waals surface area contributed by atoms with Crippen LogP contribution >= 0.6 is 0 Å². The number of Topliss-reactive ketones (excluding diaryl/α,β-unsaturated/α-hetero) is 1. The molecular formula is C19H22N2O6. The van der Waals surface area contributed by atoms with E-state index in [9.17, 15) is 14.4 Å².